The first-order valence-electron chi connectivity index (χ1n) is 9.83. The summed E-state index contributed by atoms with van der Waals surface area (Å²) >= 11 is 0. The molecule has 3 fully saturated rings. The van der Waals surface area contributed by atoms with E-state index < -0.39 is 29.8 Å². The highest BCUT2D eigenvalue weighted by atomic mass is 127. The number of alkyl halides is 2. The van der Waals surface area contributed by atoms with E-state index in [1.807, 2.05) is 0 Å². The van der Waals surface area contributed by atoms with Crippen LogP contribution in [0, 0.1) is 11.8 Å². The number of rotatable bonds is 4. The third kappa shape index (κ3) is 3.58. The number of quaternary nitrogens is 1. The molecule has 0 aromatic heterocycles. The van der Waals surface area contributed by atoms with Crippen molar-refractivity contribution in [2.75, 3.05) is 20.6 Å². The predicted octanol–water partition coefficient (Wildman–Crippen LogP) is 0.0940. The van der Waals surface area contributed by atoms with Crippen molar-refractivity contribution in [3.05, 3.63) is 35.9 Å². The van der Waals surface area contributed by atoms with E-state index in [4.69, 9.17) is 4.74 Å². The van der Waals surface area contributed by atoms with Crippen molar-refractivity contribution >= 4 is 5.97 Å². The van der Waals surface area contributed by atoms with Crippen LogP contribution in [0.5, 0.6) is 0 Å². The second-order valence-electron chi connectivity index (χ2n) is 9.16. The van der Waals surface area contributed by atoms with E-state index in [0.29, 0.717) is 5.56 Å². The number of carbonyl (C=O) groups excluding carboxylic acids is 1. The average molecular weight is 507 g/mol. The highest BCUT2D eigenvalue weighted by Crippen LogP contribution is 2.49. The molecular weight excluding hydrogens is 479 g/mol. The number of ether oxygens (including phenoxy) is 1. The van der Waals surface area contributed by atoms with Gasteiger partial charge in [-0.25, -0.2) is 13.6 Å². The molecule has 0 amide bonds. The number of likely N-dealkylation sites (N-methyl/N-ethyl adjacent to an activating group) is 1. The van der Waals surface area contributed by atoms with Gasteiger partial charge in [0.15, 0.2) is 11.7 Å². The predicted molar refractivity (Wildman–Crippen MR) is 96.0 cm³/mol. The summed E-state index contributed by atoms with van der Waals surface area (Å²) in [6.07, 6.45) is 1.05. The molecule has 4 nitrogen and oxygen atoms in total. The van der Waals surface area contributed by atoms with Gasteiger partial charge in [0.2, 0.25) is 5.92 Å². The van der Waals surface area contributed by atoms with Crippen molar-refractivity contribution in [1.29, 1.82) is 0 Å². The van der Waals surface area contributed by atoms with Gasteiger partial charge in [-0.1, -0.05) is 30.3 Å². The molecule has 2 bridgehead atoms. The first-order chi connectivity index (χ1) is 12.6. The smallest absolute Gasteiger partial charge is 0.343 e. The highest BCUT2D eigenvalue weighted by Gasteiger charge is 2.59. The molecule has 7 heteroatoms. The lowest BCUT2D eigenvalue weighted by Gasteiger charge is -2.35. The summed E-state index contributed by atoms with van der Waals surface area (Å²) in [5, 5.41) is 11.5. The van der Waals surface area contributed by atoms with Gasteiger partial charge in [0.05, 0.1) is 26.6 Å². The molecule has 1 aliphatic heterocycles. The number of hydrogen-bond donors (Lipinski definition) is 1. The molecule has 28 heavy (non-hydrogen) atoms. The van der Waals surface area contributed by atoms with Gasteiger partial charge in [-0.3, -0.25) is 0 Å². The maximum atomic E-state index is 13.9. The lowest BCUT2D eigenvalue weighted by molar-refractivity contribution is -0.908. The Morgan fingerprint density at radius 3 is 2.39 bits per heavy atom. The molecule has 1 saturated heterocycles. The van der Waals surface area contributed by atoms with E-state index in [-0.39, 0.29) is 54.9 Å². The Morgan fingerprint density at radius 1 is 1.21 bits per heavy atom. The number of hydrogen-bond acceptors (Lipinski definition) is 3. The van der Waals surface area contributed by atoms with Crippen LogP contribution in [0.3, 0.4) is 0 Å². The molecule has 5 atom stereocenters. The Morgan fingerprint density at radius 2 is 1.89 bits per heavy atom. The summed E-state index contributed by atoms with van der Waals surface area (Å²) in [5.41, 5.74) is -1.68. The normalized spacial score (nSPS) is 34.5. The van der Waals surface area contributed by atoms with Crippen molar-refractivity contribution in [3.63, 3.8) is 0 Å². The Hall–Kier alpha value is -0.800. The number of esters is 1. The first kappa shape index (κ1) is 21.9. The highest BCUT2D eigenvalue weighted by molar-refractivity contribution is 5.82. The van der Waals surface area contributed by atoms with Crippen LogP contribution < -0.4 is 24.0 Å². The second kappa shape index (κ2) is 7.47. The Bertz CT molecular complexity index is 730. The minimum atomic E-state index is -2.85. The van der Waals surface area contributed by atoms with Gasteiger partial charge in [0, 0.05) is 25.2 Å². The number of piperidine rings is 1. The standard InChI is InChI=1S/C21H28F2NO3.HI/c1-24(2)13-14-8-9-17(24)18(14)27-19(25)21(26,15-6-4-3-5-7-15)16-10-11-20(22,23)12-16;/h3-7,14,16-18,26H,8-13H2,1-2H3;1H/q+1;/p-1/t14?,16-,17+,18?,21+;/m1./s1. The van der Waals surface area contributed by atoms with E-state index in [2.05, 4.69) is 14.1 Å². The van der Waals surface area contributed by atoms with Crippen molar-refractivity contribution in [3.8, 4) is 0 Å². The molecule has 3 aliphatic rings. The summed E-state index contributed by atoms with van der Waals surface area (Å²) < 4.78 is 34.4. The van der Waals surface area contributed by atoms with Gasteiger partial charge in [0.25, 0.3) is 0 Å². The molecule has 0 spiro atoms. The van der Waals surface area contributed by atoms with Gasteiger partial charge in [-0.05, 0) is 18.4 Å². The third-order valence-corrected chi connectivity index (χ3v) is 7.04. The molecule has 4 rings (SSSR count). The van der Waals surface area contributed by atoms with Crippen LogP contribution in [-0.2, 0) is 15.1 Å². The number of fused-ring (bicyclic) bond motifs is 2. The van der Waals surface area contributed by atoms with Gasteiger partial charge in [-0.15, -0.1) is 0 Å². The van der Waals surface area contributed by atoms with Crippen molar-refractivity contribution in [2.24, 2.45) is 11.8 Å². The fourth-order valence-electron chi connectivity index (χ4n) is 5.62. The maximum absolute atomic E-state index is 13.9. The summed E-state index contributed by atoms with van der Waals surface area (Å²) in [5.74, 6) is -4.18. The molecule has 1 N–H and O–H groups in total. The molecule has 2 aliphatic carbocycles. The van der Waals surface area contributed by atoms with Crippen LogP contribution in [-0.4, -0.2) is 54.3 Å². The number of aliphatic hydroxyl groups is 1. The van der Waals surface area contributed by atoms with Gasteiger partial charge in [-0.2, -0.15) is 0 Å². The SMILES string of the molecule is C[N+]1(C)CC2CC[C@H]1C2OC(=O)[C@](O)(c1ccccc1)[C@@H]1CCC(F)(F)C1.[I-]. The van der Waals surface area contributed by atoms with Crippen molar-refractivity contribution in [2.45, 2.75) is 55.8 Å². The maximum Gasteiger partial charge on any atom is 0.343 e. The molecule has 2 unspecified atom stereocenters. The Kier molecular flexibility index (Phi) is 5.84. The molecule has 1 aromatic carbocycles. The molecular formula is C21H28F2INO3. The molecule has 156 valence electrons. The number of halogens is 3. The van der Waals surface area contributed by atoms with E-state index >= 15 is 0 Å². The number of benzene rings is 1. The third-order valence-electron chi connectivity index (χ3n) is 7.04. The molecule has 0 radical (unpaired) electrons. The van der Waals surface area contributed by atoms with Crippen molar-refractivity contribution < 1.29 is 51.9 Å². The summed E-state index contributed by atoms with van der Waals surface area (Å²) in [6.45, 7) is 0.938. The molecule has 1 heterocycles. The van der Waals surface area contributed by atoms with Crippen LogP contribution in [0.1, 0.15) is 37.7 Å². The zero-order valence-electron chi connectivity index (χ0n) is 16.3. The fraction of sp³-hybridized carbons (Fsp3) is 0.667. The zero-order chi connectivity index (χ0) is 19.4. The number of likely N-dealkylation sites (tertiary alicyclic amines) is 1. The topological polar surface area (TPSA) is 46.5 Å². The van der Waals surface area contributed by atoms with Crippen LogP contribution in [0.2, 0.25) is 0 Å². The van der Waals surface area contributed by atoms with Crippen molar-refractivity contribution in [1.82, 2.24) is 0 Å². The fourth-order valence-corrected chi connectivity index (χ4v) is 5.62. The van der Waals surface area contributed by atoms with Crippen LogP contribution >= 0.6 is 0 Å². The number of nitrogens with zero attached hydrogens (tertiary/aromatic N) is 1. The summed E-state index contributed by atoms with van der Waals surface area (Å²) in [7, 11) is 4.26. The van der Waals surface area contributed by atoms with E-state index in [1.165, 1.54) is 0 Å². The minimum Gasteiger partial charge on any atom is -1.00 e. The van der Waals surface area contributed by atoms with Crippen LogP contribution in [0.15, 0.2) is 30.3 Å². The van der Waals surface area contributed by atoms with Crippen LogP contribution in [0.25, 0.3) is 0 Å². The Balaban J connectivity index is 0.00000225. The second-order valence-corrected chi connectivity index (χ2v) is 9.16. The first-order valence-corrected chi connectivity index (χ1v) is 9.83. The summed E-state index contributed by atoms with van der Waals surface area (Å²) in [4.78, 5) is 13.2. The molecule has 2 saturated carbocycles. The summed E-state index contributed by atoms with van der Waals surface area (Å²) in [6, 6.07) is 8.65. The monoisotopic (exact) mass is 507 g/mol. The largest absolute Gasteiger partial charge is 1.00 e. The average Bonchev–Trinajstić information content (AvgIpc) is 3.24. The zero-order valence-corrected chi connectivity index (χ0v) is 18.4. The van der Waals surface area contributed by atoms with E-state index in [9.17, 15) is 18.7 Å². The quantitative estimate of drug-likeness (QED) is 0.358. The minimum absolute atomic E-state index is 0. The lowest BCUT2D eigenvalue weighted by atomic mass is 9.80. The molecule has 1 aromatic rings. The van der Waals surface area contributed by atoms with Crippen LogP contribution in [0.4, 0.5) is 8.78 Å². The van der Waals surface area contributed by atoms with Gasteiger partial charge in [0.1, 0.15) is 6.04 Å². The van der Waals surface area contributed by atoms with Gasteiger partial charge < -0.3 is 38.3 Å². The Labute approximate surface area is 181 Å². The van der Waals surface area contributed by atoms with Gasteiger partial charge >= 0.3 is 5.97 Å². The number of carbonyl (C=O) groups is 1. The van der Waals surface area contributed by atoms with E-state index in [0.717, 1.165) is 23.9 Å². The van der Waals surface area contributed by atoms with E-state index in [1.54, 1.807) is 30.3 Å². The lowest BCUT2D eigenvalue weighted by Crippen LogP contribution is -3.00.